The van der Waals surface area contributed by atoms with E-state index < -0.39 is 5.54 Å². The maximum Gasteiger partial charge on any atom is 0.130 e. The monoisotopic (exact) mass is 210 g/mol. The van der Waals surface area contributed by atoms with Gasteiger partial charge in [0.1, 0.15) is 5.54 Å². The number of rotatable bonds is 5. The predicted octanol–water partition coefficient (Wildman–Crippen LogP) is 0.671. The van der Waals surface area contributed by atoms with Crippen LogP contribution in [0, 0.1) is 23.2 Å². The van der Waals surface area contributed by atoms with E-state index in [1.54, 1.807) is 0 Å². The highest BCUT2D eigenvalue weighted by atomic mass is 16.5. The molecule has 84 valence electrons. The molecule has 0 radical (unpaired) electrons. The van der Waals surface area contributed by atoms with Crippen LogP contribution in [0.5, 0.6) is 0 Å². The van der Waals surface area contributed by atoms with Gasteiger partial charge in [0.05, 0.1) is 25.9 Å². The molecule has 4 nitrogen and oxygen atoms in total. The van der Waals surface area contributed by atoms with Gasteiger partial charge in [0, 0.05) is 12.5 Å². The van der Waals surface area contributed by atoms with Crippen molar-refractivity contribution in [2.45, 2.75) is 24.8 Å². The average molecular weight is 210 g/mol. The van der Waals surface area contributed by atoms with Crippen molar-refractivity contribution >= 4 is 0 Å². The number of nitrogens with two attached hydrogens (primary N) is 1. The molecular weight excluding hydrogens is 192 g/mol. The Kier molecular flexibility index (Phi) is 3.25. The first-order valence-corrected chi connectivity index (χ1v) is 5.60. The first-order chi connectivity index (χ1) is 7.24. The predicted molar refractivity (Wildman–Crippen MR) is 55.0 cm³/mol. The van der Waals surface area contributed by atoms with Crippen molar-refractivity contribution in [1.82, 2.24) is 0 Å². The summed E-state index contributed by atoms with van der Waals surface area (Å²) in [5.41, 5.74) is 5.22. The molecule has 1 saturated heterocycles. The lowest BCUT2D eigenvalue weighted by atomic mass is 9.98. The van der Waals surface area contributed by atoms with E-state index in [2.05, 4.69) is 6.07 Å². The Hall–Kier alpha value is -0.630. The number of ether oxygens (including phenoxy) is 2. The molecule has 1 aliphatic heterocycles. The summed E-state index contributed by atoms with van der Waals surface area (Å²) in [4.78, 5) is 0. The van der Waals surface area contributed by atoms with Gasteiger partial charge in [-0.1, -0.05) is 0 Å². The van der Waals surface area contributed by atoms with Gasteiger partial charge in [-0.05, 0) is 25.2 Å². The van der Waals surface area contributed by atoms with Crippen LogP contribution in [0.1, 0.15) is 19.3 Å². The van der Waals surface area contributed by atoms with Crippen molar-refractivity contribution in [1.29, 1.82) is 5.26 Å². The standard InChI is InChI=1S/C11H18N2O2/c12-7-11(13,10-1-2-10)8-15-6-9-3-4-14-5-9/h9-10H,1-6,8,13H2. The van der Waals surface area contributed by atoms with Crippen LogP contribution < -0.4 is 5.73 Å². The summed E-state index contributed by atoms with van der Waals surface area (Å²) >= 11 is 0. The minimum Gasteiger partial charge on any atom is -0.381 e. The SMILES string of the molecule is N#CC(N)(COCC1CCOC1)C1CC1. The molecule has 0 bridgehead atoms. The van der Waals surface area contributed by atoms with E-state index in [0.29, 0.717) is 25.0 Å². The molecule has 2 unspecified atom stereocenters. The van der Waals surface area contributed by atoms with Gasteiger partial charge in [-0.3, -0.25) is 0 Å². The Labute approximate surface area is 90.3 Å². The molecule has 2 atom stereocenters. The highest BCUT2D eigenvalue weighted by molar-refractivity contribution is 5.13. The largest absolute Gasteiger partial charge is 0.381 e. The van der Waals surface area contributed by atoms with E-state index in [9.17, 15) is 0 Å². The summed E-state index contributed by atoms with van der Waals surface area (Å²) < 4.78 is 10.8. The fourth-order valence-electron chi connectivity index (χ4n) is 1.95. The molecule has 1 heterocycles. The van der Waals surface area contributed by atoms with Gasteiger partial charge in [0.15, 0.2) is 0 Å². The van der Waals surface area contributed by atoms with Crippen molar-refractivity contribution in [2.75, 3.05) is 26.4 Å². The van der Waals surface area contributed by atoms with E-state index in [0.717, 1.165) is 32.5 Å². The molecule has 4 heteroatoms. The van der Waals surface area contributed by atoms with Crippen LogP contribution in [0.15, 0.2) is 0 Å². The van der Waals surface area contributed by atoms with Crippen LogP contribution in [0.4, 0.5) is 0 Å². The summed E-state index contributed by atoms with van der Waals surface area (Å²) in [5.74, 6) is 0.842. The molecule has 2 rings (SSSR count). The highest BCUT2D eigenvalue weighted by Crippen LogP contribution is 2.38. The zero-order valence-corrected chi connectivity index (χ0v) is 8.95. The molecule has 2 aliphatic rings. The third-order valence-electron chi connectivity index (χ3n) is 3.23. The molecule has 2 fully saturated rings. The molecule has 15 heavy (non-hydrogen) atoms. The van der Waals surface area contributed by atoms with Crippen molar-refractivity contribution in [3.63, 3.8) is 0 Å². The van der Waals surface area contributed by atoms with Gasteiger partial charge < -0.3 is 15.2 Å². The van der Waals surface area contributed by atoms with Crippen molar-refractivity contribution in [3.8, 4) is 6.07 Å². The summed E-state index contributed by atoms with van der Waals surface area (Å²) in [6, 6.07) is 2.19. The number of nitrogens with zero attached hydrogens (tertiary/aromatic N) is 1. The minimum atomic E-state index is -0.751. The van der Waals surface area contributed by atoms with Crippen LogP contribution in [-0.4, -0.2) is 32.0 Å². The Morgan fingerprint density at radius 3 is 2.80 bits per heavy atom. The minimum absolute atomic E-state index is 0.349. The van der Waals surface area contributed by atoms with Gasteiger partial charge in [-0.2, -0.15) is 5.26 Å². The van der Waals surface area contributed by atoms with Gasteiger partial charge in [0.25, 0.3) is 0 Å². The molecule has 2 N–H and O–H groups in total. The second-order valence-corrected chi connectivity index (χ2v) is 4.67. The van der Waals surface area contributed by atoms with E-state index in [1.807, 2.05) is 0 Å². The normalized spacial score (nSPS) is 29.7. The van der Waals surface area contributed by atoms with Gasteiger partial charge in [-0.25, -0.2) is 0 Å². The van der Waals surface area contributed by atoms with Crippen LogP contribution >= 0.6 is 0 Å². The third kappa shape index (κ3) is 2.69. The molecule has 0 aromatic carbocycles. The summed E-state index contributed by atoms with van der Waals surface area (Å²) in [5, 5.41) is 9.01. The van der Waals surface area contributed by atoms with Crippen molar-refractivity contribution < 1.29 is 9.47 Å². The van der Waals surface area contributed by atoms with Crippen LogP contribution in [0.3, 0.4) is 0 Å². The number of hydrogen-bond acceptors (Lipinski definition) is 4. The summed E-state index contributed by atoms with van der Waals surface area (Å²) in [7, 11) is 0. The molecule has 0 aromatic rings. The maximum absolute atomic E-state index is 9.01. The van der Waals surface area contributed by atoms with Crippen molar-refractivity contribution in [2.24, 2.45) is 17.6 Å². The quantitative estimate of drug-likeness (QED) is 0.724. The van der Waals surface area contributed by atoms with Crippen LogP contribution in [0.2, 0.25) is 0 Å². The van der Waals surface area contributed by atoms with Crippen LogP contribution in [-0.2, 0) is 9.47 Å². The fourth-order valence-corrected chi connectivity index (χ4v) is 1.95. The second-order valence-electron chi connectivity index (χ2n) is 4.67. The number of nitriles is 1. The van der Waals surface area contributed by atoms with Gasteiger partial charge >= 0.3 is 0 Å². The molecular formula is C11H18N2O2. The zero-order valence-electron chi connectivity index (χ0n) is 8.95. The van der Waals surface area contributed by atoms with Gasteiger partial charge in [-0.15, -0.1) is 0 Å². The first-order valence-electron chi connectivity index (χ1n) is 5.60. The number of hydrogen-bond donors (Lipinski definition) is 1. The van der Waals surface area contributed by atoms with E-state index in [4.69, 9.17) is 20.5 Å². The summed E-state index contributed by atoms with van der Waals surface area (Å²) in [6.45, 7) is 2.66. The Balaban J connectivity index is 1.69. The lowest BCUT2D eigenvalue weighted by Gasteiger charge is -2.21. The topological polar surface area (TPSA) is 68.3 Å². The lowest BCUT2D eigenvalue weighted by Crippen LogP contribution is -2.45. The molecule has 1 aliphatic carbocycles. The maximum atomic E-state index is 9.01. The third-order valence-corrected chi connectivity index (χ3v) is 3.23. The Bertz CT molecular complexity index is 254. The average Bonchev–Trinajstić information content (AvgIpc) is 2.98. The Morgan fingerprint density at radius 2 is 2.27 bits per heavy atom. The molecule has 0 amide bonds. The van der Waals surface area contributed by atoms with E-state index in [1.165, 1.54) is 0 Å². The highest BCUT2D eigenvalue weighted by Gasteiger charge is 2.43. The molecule has 1 saturated carbocycles. The first kappa shape index (κ1) is 10.9. The fraction of sp³-hybridized carbons (Fsp3) is 0.909. The van der Waals surface area contributed by atoms with Crippen LogP contribution in [0.25, 0.3) is 0 Å². The second kappa shape index (κ2) is 4.48. The van der Waals surface area contributed by atoms with E-state index in [-0.39, 0.29) is 0 Å². The van der Waals surface area contributed by atoms with Crippen molar-refractivity contribution in [3.05, 3.63) is 0 Å². The lowest BCUT2D eigenvalue weighted by molar-refractivity contribution is 0.0631. The van der Waals surface area contributed by atoms with Gasteiger partial charge in [0.2, 0.25) is 0 Å². The van der Waals surface area contributed by atoms with E-state index >= 15 is 0 Å². The Morgan fingerprint density at radius 1 is 1.47 bits per heavy atom. The molecule has 0 spiro atoms. The smallest absolute Gasteiger partial charge is 0.130 e. The molecule has 0 aromatic heterocycles. The summed E-state index contributed by atoms with van der Waals surface area (Å²) in [6.07, 6.45) is 3.20. The zero-order chi connectivity index (χ0) is 10.7.